The number of para-hydroxylation sites is 1. The van der Waals surface area contributed by atoms with Gasteiger partial charge >= 0.3 is 0 Å². The molecule has 3 heterocycles. The fraction of sp³-hybridized carbons (Fsp3) is 0.333. The monoisotopic (exact) mass is 509 g/mol. The molecule has 0 saturated heterocycles. The van der Waals surface area contributed by atoms with Crippen LogP contribution in [0.1, 0.15) is 47.1 Å². The minimum Gasteiger partial charge on any atom is -0.365 e. The van der Waals surface area contributed by atoms with Gasteiger partial charge in [-0.2, -0.15) is 4.98 Å². The van der Waals surface area contributed by atoms with E-state index >= 15 is 0 Å². The van der Waals surface area contributed by atoms with E-state index in [0.717, 1.165) is 28.6 Å². The van der Waals surface area contributed by atoms with Gasteiger partial charge in [-0.25, -0.2) is 4.98 Å². The number of fused-ring (bicyclic) bond motifs is 2. The van der Waals surface area contributed by atoms with Crippen LogP contribution >= 0.6 is 0 Å². The highest BCUT2D eigenvalue weighted by molar-refractivity contribution is 5.98. The molecule has 0 spiro atoms. The van der Waals surface area contributed by atoms with Crippen LogP contribution in [0.25, 0.3) is 10.9 Å². The summed E-state index contributed by atoms with van der Waals surface area (Å²) in [6, 6.07) is 20.7. The van der Waals surface area contributed by atoms with E-state index in [4.69, 9.17) is 9.97 Å². The lowest BCUT2D eigenvalue weighted by Gasteiger charge is -2.31. The maximum absolute atomic E-state index is 13.4. The van der Waals surface area contributed by atoms with E-state index in [1.807, 2.05) is 68.4 Å². The number of hydrogen-bond donors (Lipinski definition) is 1. The lowest BCUT2D eigenvalue weighted by Crippen LogP contribution is -2.34. The van der Waals surface area contributed by atoms with Gasteiger partial charge in [0.05, 0.1) is 18.1 Å². The van der Waals surface area contributed by atoms with Crippen molar-refractivity contribution in [3.05, 3.63) is 89.2 Å². The highest BCUT2D eigenvalue weighted by Gasteiger charge is 2.35. The summed E-state index contributed by atoms with van der Waals surface area (Å²) in [7, 11) is 6.11. The second-order valence-electron chi connectivity index (χ2n) is 10.4. The summed E-state index contributed by atoms with van der Waals surface area (Å²) in [5, 5.41) is 4.61. The quantitative estimate of drug-likeness (QED) is 0.349. The van der Waals surface area contributed by atoms with E-state index in [0.29, 0.717) is 30.5 Å². The van der Waals surface area contributed by atoms with Crippen LogP contribution in [0, 0.1) is 0 Å². The van der Waals surface area contributed by atoms with Crippen molar-refractivity contribution in [2.24, 2.45) is 0 Å². The number of pyridine rings is 1. The maximum Gasteiger partial charge on any atom is 0.273 e. The Balaban J connectivity index is 1.51. The summed E-state index contributed by atoms with van der Waals surface area (Å²) in [4.78, 5) is 33.9. The van der Waals surface area contributed by atoms with Crippen LogP contribution in [0.15, 0.2) is 66.9 Å². The number of nitrogens with zero attached hydrogens (tertiary/aromatic N) is 6. The predicted molar refractivity (Wildman–Crippen MR) is 152 cm³/mol. The molecule has 1 atom stereocenters. The summed E-state index contributed by atoms with van der Waals surface area (Å²) in [5.41, 5.74) is 4.50. The van der Waals surface area contributed by atoms with Gasteiger partial charge in [-0.15, -0.1) is 0 Å². The average Bonchev–Trinajstić information content (AvgIpc) is 3.27. The van der Waals surface area contributed by atoms with E-state index in [1.165, 1.54) is 5.56 Å². The normalized spacial score (nSPS) is 13.9. The zero-order valence-electron chi connectivity index (χ0n) is 22.7. The van der Waals surface area contributed by atoms with E-state index in [9.17, 15) is 4.79 Å². The molecule has 1 unspecified atom stereocenters. The Morgan fingerprint density at radius 2 is 1.74 bits per heavy atom. The molecule has 1 aliphatic heterocycles. The van der Waals surface area contributed by atoms with Crippen molar-refractivity contribution in [3.63, 3.8) is 0 Å². The number of anilines is 2. The summed E-state index contributed by atoms with van der Waals surface area (Å²) in [5.74, 6) is 1.17. The summed E-state index contributed by atoms with van der Waals surface area (Å²) < 4.78 is 0. The number of aromatic nitrogens is 3. The first-order valence-corrected chi connectivity index (χ1v) is 13.0. The summed E-state index contributed by atoms with van der Waals surface area (Å²) in [6.45, 7) is 5.87. The van der Waals surface area contributed by atoms with Crippen LogP contribution in [0.3, 0.4) is 0 Å². The second-order valence-corrected chi connectivity index (χ2v) is 10.4. The lowest BCUT2D eigenvalue weighted by molar-refractivity contribution is 0.0726. The number of benzene rings is 2. The first-order chi connectivity index (χ1) is 18.3. The molecule has 8 nitrogen and oxygen atoms in total. The van der Waals surface area contributed by atoms with Crippen LogP contribution in [0.5, 0.6) is 0 Å². The van der Waals surface area contributed by atoms with Gasteiger partial charge in [0.15, 0.2) is 0 Å². The van der Waals surface area contributed by atoms with Gasteiger partial charge in [-0.1, -0.05) is 48.5 Å². The van der Waals surface area contributed by atoms with Crippen molar-refractivity contribution in [3.8, 4) is 0 Å². The number of likely N-dealkylation sites (N-methyl/N-ethyl adjacent to an activating group) is 2. The van der Waals surface area contributed by atoms with Crippen LogP contribution in [-0.4, -0.2) is 64.4 Å². The Hall–Kier alpha value is -4.04. The summed E-state index contributed by atoms with van der Waals surface area (Å²) >= 11 is 0. The van der Waals surface area contributed by atoms with Crippen LogP contribution in [0.4, 0.5) is 11.8 Å². The topological polar surface area (TPSA) is 77.5 Å². The Morgan fingerprint density at radius 1 is 1.00 bits per heavy atom. The second kappa shape index (κ2) is 10.8. The Morgan fingerprint density at radius 3 is 2.47 bits per heavy atom. The van der Waals surface area contributed by atoms with Crippen molar-refractivity contribution >= 4 is 28.6 Å². The fourth-order valence-electron chi connectivity index (χ4n) is 4.91. The minimum atomic E-state index is -0.0497. The molecular formula is C30H35N7O. The molecule has 0 bridgehead atoms. The van der Waals surface area contributed by atoms with Crippen molar-refractivity contribution in [2.75, 3.05) is 37.9 Å². The van der Waals surface area contributed by atoms with Crippen LogP contribution in [0.2, 0.25) is 0 Å². The van der Waals surface area contributed by atoms with Gasteiger partial charge in [0.1, 0.15) is 11.5 Å². The van der Waals surface area contributed by atoms with Crippen molar-refractivity contribution in [2.45, 2.75) is 39.0 Å². The van der Waals surface area contributed by atoms with E-state index in [1.54, 1.807) is 0 Å². The summed E-state index contributed by atoms with van der Waals surface area (Å²) in [6.07, 6.45) is 1.89. The predicted octanol–water partition coefficient (Wildman–Crippen LogP) is 4.74. The van der Waals surface area contributed by atoms with Gasteiger partial charge in [0.2, 0.25) is 5.95 Å². The first-order valence-electron chi connectivity index (χ1n) is 13.0. The van der Waals surface area contributed by atoms with Gasteiger partial charge in [0.25, 0.3) is 5.91 Å². The minimum absolute atomic E-state index is 0.0134. The number of nitrogens with one attached hydrogen (secondary N) is 1. The molecule has 2 aromatic carbocycles. The SMILES string of the molecule is CC(C)N1Cc2c(NCc3cnc4ccccc4c3)nc(N(C)C(CN(C)C)c3ccccc3)nc2C1=O. The maximum atomic E-state index is 13.4. The number of hydrogen-bond acceptors (Lipinski definition) is 7. The average molecular weight is 510 g/mol. The third-order valence-electron chi connectivity index (χ3n) is 7.02. The molecule has 1 N–H and O–H groups in total. The lowest BCUT2D eigenvalue weighted by atomic mass is 10.1. The smallest absolute Gasteiger partial charge is 0.273 e. The zero-order valence-corrected chi connectivity index (χ0v) is 22.7. The molecule has 2 aromatic heterocycles. The molecule has 0 fully saturated rings. The number of rotatable bonds is 9. The third kappa shape index (κ3) is 5.17. The molecule has 5 rings (SSSR count). The van der Waals surface area contributed by atoms with Crippen LogP contribution in [-0.2, 0) is 13.1 Å². The Bertz CT molecular complexity index is 1440. The fourth-order valence-corrected chi connectivity index (χ4v) is 4.91. The standard InChI is InChI=1S/C30H35N7O/c1-20(2)37-18-24-27(29(37)38)33-30(36(5)26(19-35(3)4)22-11-7-6-8-12-22)34-28(24)32-17-21-15-23-13-9-10-14-25(23)31-16-21/h6-16,20,26H,17-19H2,1-5H3,(H,32,33,34). The van der Waals surface area contributed by atoms with Crippen LogP contribution < -0.4 is 10.2 Å². The largest absolute Gasteiger partial charge is 0.365 e. The van der Waals surface area contributed by atoms with Gasteiger partial charge < -0.3 is 20.0 Å². The van der Waals surface area contributed by atoms with Crippen molar-refractivity contribution in [1.29, 1.82) is 0 Å². The molecule has 8 heteroatoms. The molecular weight excluding hydrogens is 474 g/mol. The molecule has 0 saturated carbocycles. The highest BCUT2D eigenvalue weighted by Crippen LogP contribution is 2.32. The van der Waals surface area contributed by atoms with Gasteiger partial charge in [-0.3, -0.25) is 9.78 Å². The highest BCUT2D eigenvalue weighted by atomic mass is 16.2. The first kappa shape index (κ1) is 25.6. The molecule has 38 heavy (non-hydrogen) atoms. The Labute approximate surface area is 224 Å². The molecule has 4 aromatic rings. The van der Waals surface area contributed by atoms with Gasteiger partial charge in [-0.05, 0) is 51.2 Å². The molecule has 1 aliphatic rings. The zero-order chi connectivity index (χ0) is 26.8. The van der Waals surface area contributed by atoms with E-state index in [-0.39, 0.29) is 18.0 Å². The Kier molecular flexibility index (Phi) is 7.24. The number of carbonyl (C=O) groups is 1. The molecule has 196 valence electrons. The third-order valence-corrected chi connectivity index (χ3v) is 7.02. The van der Waals surface area contributed by atoms with E-state index < -0.39 is 0 Å². The van der Waals surface area contributed by atoms with Crippen molar-refractivity contribution in [1.82, 2.24) is 24.8 Å². The van der Waals surface area contributed by atoms with Gasteiger partial charge in [0, 0.05) is 43.3 Å². The molecule has 1 amide bonds. The van der Waals surface area contributed by atoms with E-state index in [2.05, 4.69) is 58.5 Å². The number of amides is 1. The molecule has 0 aliphatic carbocycles. The number of carbonyl (C=O) groups excluding carboxylic acids is 1. The molecule has 0 radical (unpaired) electrons. The van der Waals surface area contributed by atoms with Crippen molar-refractivity contribution < 1.29 is 4.79 Å².